The molecule has 0 unspecified atom stereocenters. The van der Waals surface area contributed by atoms with Gasteiger partial charge in [0, 0.05) is 5.56 Å². The molecule has 1 aliphatic heterocycles. The predicted molar refractivity (Wildman–Crippen MR) is 88.3 cm³/mol. The number of anilines is 1. The van der Waals surface area contributed by atoms with Gasteiger partial charge in [0.25, 0.3) is 11.8 Å². The Labute approximate surface area is 146 Å². The SMILES string of the molecule is O=C1c2ccccc2C(=O)N1c1c(Cl)cccc1C(Cl)(Cl)Cl. The van der Waals surface area contributed by atoms with Crippen molar-refractivity contribution in [3.05, 3.63) is 64.2 Å². The fraction of sp³-hybridized carbons (Fsp3) is 0.0667. The summed E-state index contributed by atoms with van der Waals surface area (Å²) in [5, 5.41) is 0.151. The Kier molecular flexibility index (Phi) is 3.86. The van der Waals surface area contributed by atoms with Crippen LogP contribution in [-0.2, 0) is 3.79 Å². The number of benzene rings is 2. The second kappa shape index (κ2) is 5.43. The number of nitrogens with zero attached hydrogens (tertiary/aromatic N) is 1. The van der Waals surface area contributed by atoms with Crippen LogP contribution in [0.25, 0.3) is 0 Å². The Hall–Kier alpha value is -1.26. The summed E-state index contributed by atoms with van der Waals surface area (Å²) < 4.78 is -1.82. The van der Waals surface area contributed by atoms with Crippen LogP contribution in [0.2, 0.25) is 5.02 Å². The van der Waals surface area contributed by atoms with E-state index in [-0.39, 0.29) is 16.3 Å². The summed E-state index contributed by atoms with van der Waals surface area (Å²) in [6.07, 6.45) is 0. The van der Waals surface area contributed by atoms with E-state index in [0.717, 1.165) is 4.90 Å². The molecule has 3 rings (SSSR count). The normalized spacial score (nSPS) is 14.5. The van der Waals surface area contributed by atoms with Crippen LogP contribution in [-0.4, -0.2) is 11.8 Å². The Morgan fingerprint density at radius 1 is 0.818 bits per heavy atom. The minimum absolute atomic E-state index is 0.0929. The van der Waals surface area contributed by atoms with Crippen LogP contribution in [0.1, 0.15) is 26.3 Å². The van der Waals surface area contributed by atoms with E-state index in [2.05, 4.69) is 0 Å². The van der Waals surface area contributed by atoms with Crippen molar-refractivity contribution in [2.45, 2.75) is 3.79 Å². The molecule has 3 nitrogen and oxygen atoms in total. The molecule has 0 saturated carbocycles. The van der Waals surface area contributed by atoms with Gasteiger partial charge in [-0.15, -0.1) is 0 Å². The summed E-state index contributed by atoms with van der Waals surface area (Å²) in [7, 11) is 0. The highest BCUT2D eigenvalue weighted by Gasteiger charge is 2.41. The lowest BCUT2D eigenvalue weighted by Gasteiger charge is -2.23. The van der Waals surface area contributed by atoms with Crippen LogP contribution in [0.4, 0.5) is 5.69 Å². The van der Waals surface area contributed by atoms with Gasteiger partial charge in [-0.2, -0.15) is 0 Å². The van der Waals surface area contributed by atoms with E-state index in [4.69, 9.17) is 46.4 Å². The Morgan fingerprint density at radius 2 is 1.36 bits per heavy atom. The zero-order valence-electron chi connectivity index (χ0n) is 10.8. The summed E-state index contributed by atoms with van der Waals surface area (Å²) in [6.45, 7) is 0. The molecule has 0 spiro atoms. The number of carbonyl (C=O) groups is 2. The monoisotopic (exact) mass is 373 g/mol. The first-order valence-corrected chi connectivity index (χ1v) is 7.67. The van der Waals surface area contributed by atoms with Gasteiger partial charge < -0.3 is 0 Å². The largest absolute Gasteiger partial charge is 0.268 e. The van der Waals surface area contributed by atoms with E-state index in [1.54, 1.807) is 30.3 Å². The Morgan fingerprint density at radius 3 is 1.86 bits per heavy atom. The van der Waals surface area contributed by atoms with Gasteiger partial charge in [0.05, 0.1) is 21.8 Å². The highest BCUT2D eigenvalue weighted by Crippen LogP contribution is 2.47. The lowest BCUT2D eigenvalue weighted by Crippen LogP contribution is -2.31. The smallest absolute Gasteiger partial charge is 0.266 e. The molecule has 0 atom stereocenters. The number of hydrogen-bond acceptors (Lipinski definition) is 2. The quantitative estimate of drug-likeness (QED) is 0.522. The van der Waals surface area contributed by atoms with Crippen LogP contribution >= 0.6 is 46.4 Å². The average molecular weight is 375 g/mol. The molecule has 2 amide bonds. The Balaban J connectivity index is 2.23. The van der Waals surface area contributed by atoms with Gasteiger partial charge in [0.1, 0.15) is 0 Å². The number of imide groups is 1. The summed E-state index contributed by atoms with van der Waals surface area (Å²) in [4.78, 5) is 26.1. The van der Waals surface area contributed by atoms with Crippen LogP contribution in [0.15, 0.2) is 42.5 Å². The molecule has 2 aromatic carbocycles. The molecule has 0 N–H and O–H groups in total. The van der Waals surface area contributed by atoms with Gasteiger partial charge in [-0.25, -0.2) is 4.90 Å². The van der Waals surface area contributed by atoms with Crippen molar-refractivity contribution in [3.63, 3.8) is 0 Å². The zero-order valence-corrected chi connectivity index (χ0v) is 13.8. The molecule has 0 aromatic heterocycles. The van der Waals surface area contributed by atoms with E-state index in [0.29, 0.717) is 11.1 Å². The molecule has 1 aliphatic rings. The van der Waals surface area contributed by atoms with E-state index in [1.807, 2.05) is 0 Å². The summed E-state index contributed by atoms with van der Waals surface area (Å²) in [5.74, 6) is -0.992. The minimum atomic E-state index is -1.82. The number of fused-ring (bicyclic) bond motifs is 1. The number of carbonyl (C=O) groups excluding carboxylic acids is 2. The third-order valence-corrected chi connectivity index (χ3v) is 4.23. The van der Waals surface area contributed by atoms with Gasteiger partial charge in [-0.3, -0.25) is 9.59 Å². The molecular weight excluding hydrogens is 368 g/mol. The Bertz CT molecular complexity index is 763. The molecule has 0 saturated heterocycles. The molecule has 0 bridgehead atoms. The number of alkyl halides is 3. The van der Waals surface area contributed by atoms with E-state index in [9.17, 15) is 9.59 Å². The van der Waals surface area contributed by atoms with E-state index in [1.165, 1.54) is 12.1 Å². The van der Waals surface area contributed by atoms with Crippen LogP contribution < -0.4 is 4.90 Å². The second-order valence-electron chi connectivity index (χ2n) is 4.63. The first kappa shape index (κ1) is 15.6. The predicted octanol–water partition coefficient (Wildman–Crippen LogP) is 4.97. The fourth-order valence-electron chi connectivity index (χ4n) is 2.36. The maximum Gasteiger partial charge on any atom is 0.266 e. The first-order chi connectivity index (χ1) is 10.3. The first-order valence-electron chi connectivity index (χ1n) is 6.16. The number of rotatable bonds is 1. The lowest BCUT2D eigenvalue weighted by molar-refractivity contribution is 0.0926. The molecule has 0 fully saturated rings. The van der Waals surface area contributed by atoms with Crippen molar-refractivity contribution in [1.82, 2.24) is 0 Å². The molecule has 0 radical (unpaired) electrons. The minimum Gasteiger partial charge on any atom is -0.268 e. The topological polar surface area (TPSA) is 37.4 Å². The maximum absolute atomic E-state index is 12.6. The van der Waals surface area contributed by atoms with Crippen molar-refractivity contribution in [2.24, 2.45) is 0 Å². The van der Waals surface area contributed by atoms with Crippen LogP contribution in [0.5, 0.6) is 0 Å². The van der Waals surface area contributed by atoms with Gasteiger partial charge in [0.15, 0.2) is 0 Å². The molecule has 7 heteroatoms. The van der Waals surface area contributed by atoms with Crippen molar-refractivity contribution >= 4 is 63.9 Å². The fourth-order valence-corrected chi connectivity index (χ4v) is 3.08. The van der Waals surface area contributed by atoms with E-state index < -0.39 is 15.6 Å². The van der Waals surface area contributed by atoms with Gasteiger partial charge in [-0.1, -0.05) is 70.7 Å². The standard InChI is InChI=1S/C15H7Cl4NO2/c16-11-7-3-6-10(15(17,18)19)12(11)20-13(21)8-4-1-2-5-9(8)14(20)22/h1-7H. The number of hydrogen-bond donors (Lipinski definition) is 0. The highest BCUT2D eigenvalue weighted by molar-refractivity contribution is 6.67. The van der Waals surface area contributed by atoms with Crippen LogP contribution in [0, 0.1) is 0 Å². The average Bonchev–Trinajstić information content (AvgIpc) is 2.71. The molecular formula is C15H7Cl4NO2. The molecule has 1 heterocycles. The van der Waals surface area contributed by atoms with Gasteiger partial charge in [0.2, 0.25) is 3.79 Å². The third kappa shape index (κ3) is 2.38. The third-order valence-electron chi connectivity index (χ3n) is 3.31. The maximum atomic E-state index is 12.6. The number of halogens is 4. The van der Waals surface area contributed by atoms with Crippen molar-refractivity contribution in [1.29, 1.82) is 0 Å². The number of amides is 2. The molecule has 2 aromatic rings. The lowest BCUT2D eigenvalue weighted by atomic mass is 10.1. The second-order valence-corrected chi connectivity index (χ2v) is 7.31. The summed E-state index contributed by atoms with van der Waals surface area (Å²) in [5.41, 5.74) is 0.847. The van der Waals surface area contributed by atoms with Crippen molar-refractivity contribution in [2.75, 3.05) is 4.90 Å². The summed E-state index contributed by atoms with van der Waals surface area (Å²) in [6, 6.07) is 11.1. The van der Waals surface area contributed by atoms with Gasteiger partial charge >= 0.3 is 0 Å². The molecule has 0 aliphatic carbocycles. The van der Waals surface area contributed by atoms with Crippen molar-refractivity contribution in [3.8, 4) is 0 Å². The summed E-state index contributed by atoms with van der Waals surface area (Å²) >= 11 is 24.0. The van der Waals surface area contributed by atoms with Gasteiger partial charge in [-0.05, 0) is 18.2 Å². The number of para-hydroxylation sites is 1. The van der Waals surface area contributed by atoms with Crippen LogP contribution in [0.3, 0.4) is 0 Å². The highest BCUT2D eigenvalue weighted by atomic mass is 35.6. The molecule has 22 heavy (non-hydrogen) atoms. The van der Waals surface area contributed by atoms with Crippen molar-refractivity contribution < 1.29 is 9.59 Å². The molecule has 112 valence electrons. The van der Waals surface area contributed by atoms with E-state index >= 15 is 0 Å². The zero-order chi connectivity index (χ0) is 16.1.